The van der Waals surface area contributed by atoms with Crippen molar-refractivity contribution in [1.29, 1.82) is 0 Å². The van der Waals surface area contributed by atoms with Crippen LogP contribution in [0.2, 0.25) is 0 Å². The zero-order valence-electron chi connectivity index (χ0n) is 13.2. The molecule has 0 fully saturated rings. The minimum Gasteiger partial charge on any atom is -0.356 e. The van der Waals surface area contributed by atoms with Crippen molar-refractivity contribution >= 4 is 27.1 Å². The molecule has 4 nitrogen and oxygen atoms in total. The van der Waals surface area contributed by atoms with Crippen molar-refractivity contribution in [3.05, 3.63) is 84.4 Å². The van der Waals surface area contributed by atoms with Gasteiger partial charge in [0.05, 0.1) is 4.90 Å². The Labute approximate surface area is 142 Å². The van der Waals surface area contributed by atoms with Crippen LogP contribution in [0, 0.1) is 6.92 Å². The van der Waals surface area contributed by atoms with Crippen LogP contribution in [0.25, 0.3) is 0 Å². The number of nitrogens with one attached hydrogen (secondary N) is 2. The normalized spacial score (nSPS) is 11.0. The van der Waals surface area contributed by atoms with E-state index in [1.165, 1.54) is 5.56 Å². The number of anilines is 3. The molecule has 0 aliphatic rings. The Bertz CT molecular complexity index is 904. The van der Waals surface area contributed by atoms with Crippen molar-refractivity contribution in [1.82, 2.24) is 0 Å². The van der Waals surface area contributed by atoms with Gasteiger partial charge in [0.15, 0.2) is 0 Å². The maximum absolute atomic E-state index is 12.3. The first kappa shape index (κ1) is 16.1. The third-order valence-electron chi connectivity index (χ3n) is 3.53. The first-order valence-electron chi connectivity index (χ1n) is 7.54. The lowest BCUT2D eigenvalue weighted by Gasteiger charge is -2.10. The summed E-state index contributed by atoms with van der Waals surface area (Å²) < 4.78 is 27.1. The summed E-state index contributed by atoms with van der Waals surface area (Å²) in [5.41, 5.74) is 3.60. The monoisotopic (exact) mass is 338 g/mol. The van der Waals surface area contributed by atoms with E-state index in [0.717, 1.165) is 11.4 Å². The summed E-state index contributed by atoms with van der Waals surface area (Å²) in [4.78, 5) is 0.242. The van der Waals surface area contributed by atoms with E-state index in [1.807, 2.05) is 43.3 Å². The van der Waals surface area contributed by atoms with E-state index in [2.05, 4.69) is 10.0 Å². The highest BCUT2D eigenvalue weighted by atomic mass is 32.2. The molecule has 0 atom stereocenters. The molecular formula is C19H18N2O2S. The highest BCUT2D eigenvalue weighted by Gasteiger charge is 2.13. The Morgan fingerprint density at radius 3 is 1.75 bits per heavy atom. The number of sulfonamides is 1. The predicted molar refractivity (Wildman–Crippen MR) is 98.2 cm³/mol. The van der Waals surface area contributed by atoms with Gasteiger partial charge in [0.1, 0.15) is 0 Å². The van der Waals surface area contributed by atoms with Gasteiger partial charge in [-0.2, -0.15) is 0 Å². The van der Waals surface area contributed by atoms with E-state index in [9.17, 15) is 8.42 Å². The molecule has 0 radical (unpaired) electrons. The van der Waals surface area contributed by atoms with Gasteiger partial charge in [-0.1, -0.05) is 35.9 Å². The Morgan fingerprint density at radius 2 is 1.17 bits per heavy atom. The first-order valence-corrected chi connectivity index (χ1v) is 9.03. The Hall–Kier alpha value is -2.79. The summed E-state index contributed by atoms with van der Waals surface area (Å²) in [5.74, 6) is 0. The van der Waals surface area contributed by atoms with Crippen LogP contribution < -0.4 is 10.0 Å². The molecule has 122 valence electrons. The van der Waals surface area contributed by atoms with Crippen molar-refractivity contribution in [2.24, 2.45) is 0 Å². The zero-order chi connectivity index (χ0) is 17.0. The van der Waals surface area contributed by atoms with Crippen molar-refractivity contribution in [2.45, 2.75) is 11.8 Å². The molecular weight excluding hydrogens is 320 g/mol. The lowest BCUT2D eigenvalue weighted by molar-refractivity contribution is 0.601. The average molecular weight is 338 g/mol. The molecule has 2 N–H and O–H groups in total. The van der Waals surface area contributed by atoms with Crippen molar-refractivity contribution in [2.75, 3.05) is 10.0 Å². The van der Waals surface area contributed by atoms with E-state index < -0.39 is 10.0 Å². The van der Waals surface area contributed by atoms with Gasteiger partial charge in [0, 0.05) is 17.1 Å². The molecule has 0 saturated carbocycles. The van der Waals surface area contributed by atoms with Crippen LogP contribution in [0.1, 0.15) is 5.56 Å². The number of benzene rings is 3. The molecule has 0 amide bonds. The maximum Gasteiger partial charge on any atom is 0.261 e. The molecule has 0 spiro atoms. The molecule has 0 aromatic heterocycles. The standard InChI is InChI=1S/C19H18N2O2S/c1-15-7-9-16(10-8-15)20-17-11-13-18(14-12-17)21-24(22,23)19-5-3-2-4-6-19/h2-14,20-21H,1H3. The van der Waals surface area contributed by atoms with Crippen molar-refractivity contribution < 1.29 is 8.42 Å². The van der Waals surface area contributed by atoms with E-state index in [-0.39, 0.29) is 4.90 Å². The lowest BCUT2D eigenvalue weighted by atomic mass is 10.2. The summed E-state index contributed by atoms with van der Waals surface area (Å²) in [7, 11) is -3.56. The summed E-state index contributed by atoms with van der Waals surface area (Å²) >= 11 is 0. The summed E-state index contributed by atoms with van der Waals surface area (Å²) in [6.07, 6.45) is 0. The van der Waals surface area contributed by atoms with Crippen LogP contribution in [0.4, 0.5) is 17.1 Å². The smallest absolute Gasteiger partial charge is 0.261 e. The number of aryl methyl sites for hydroxylation is 1. The highest BCUT2D eigenvalue weighted by Crippen LogP contribution is 2.21. The average Bonchev–Trinajstić information content (AvgIpc) is 2.59. The largest absolute Gasteiger partial charge is 0.356 e. The third kappa shape index (κ3) is 3.94. The topological polar surface area (TPSA) is 58.2 Å². The van der Waals surface area contributed by atoms with Crippen LogP contribution in [-0.4, -0.2) is 8.42 Å². The molecule has 24 heavy (non-hydrogen) atoms. The van der Waals surface area contributed by atoms with Crippen LogP contribution in [-0.2, 0) is 10.0 Å². The number of hydrogen-bond acceptors (Lipinski definition) is 3. The second-order valence-electron chi connectivity index (χ2n) is 5.49. The fourth-order valence-electron chi connectivity index (χ4n) is 2.24. The maximum atomic E-state index is 12.3. The summed E-state index contributed by atoms with van der Waals surface area (Å²) in [6, 6.07) is 23.5. The van der Waals surface area contributed by atoms with E-state index >= 15 is 0 Å². The lowest BCUT2D eigenvalue weighted by Crippen LogP contribution is -2.12. The first-order chi connectivity index (χ1) is 11.5. The van der Waals surface area contributed by atoms with Crippen LogP contribution in [0.15, 0.2) is 83.8 Å². The predicted octanol–water partition coefficient (Wildman–Crippen LogP) is 4.54. The minimum absolute atomic E-state index is 0.242. The molecule has 0 aliphatic carbocycles. The highest BCUT2D eigenvalue weighted by molar-refractivity contribution is 7.92. The van der Waals surface area contributed by atoms with Gasteiger partial charge >= 0.3 is 0 Å². The summed E-state index contributed by atoms with van der Waals surface area (Å²) in [5, 5.41) is 3.28. The Kier molecular flexibility index (Phi) is 4.53. The molecule has 3 aromatic rings. The second kappa shape index (κ2) is 6.76. The second-order valence-corrected chi connectivity index (χ2v) is 7.17. The molecule has 0 aliphatic heterocycles. The third-order valence-corrected chi connectivity index (χ3v) is 4.93. The molecule has 0 unspecified atom stereocenters. The van der Waals surface area contributed by atoms with Gasteiger partial charge in [0.2, 0.25) is 0 Å². The van der Waals surface area contributed by atoms with Gasteiger partial charge in [-0.3, -0.25) is 4.72 Å². The molecule has 0 saturated heterocycles. The van der Waals surface area contributed by atoms with E-state index in [1.54, 1.807) is 42.5 Å². The molecule has 0 bridgehead atoms. The fraction of sp³-hybridized carbons (Fsp3) is 0.0526. The Balaban J connectivity index is 1.72. The van der Waals surface area contributed by atoms with Crippen molar-refractivity contribution in [3.8, 4) is 0 Å². The van der Waals surface area contributed by atoms with Crippen molar-refractivity contribution in [3.63, 3.8) is 0 Å². The van der Waals surface area contributed by atoms with Gasteiger partial charge in [-0.25, -0.2) is 8.42 Å². The fourth-order valence-corrected chi connectivity index (χ4v) is 3.32. The van der Waals surface area contributed by atoms with E-state index in [0.29, 0.717) is 5.69 Å². The Morgan fingerprint density at radius 1 is 0.667 bits per heavy atom. The number of hydrogen-bond donors (Lipinski definition) is 2. The summed E-state index contributed by atoms with van der Waals surface area (Å²) in [6.45, 7) is 2.04. The number of rotatable bonds is 5. The zero-order valence-corrected chi connectivity index (χ0v) is 14.0. The van der Waals surface area contributed by atoms with E-state index in [4.69, 9.17) is 0 Å². The van der Waals surface area contributed by atoms with Crippen LogP contribution >= 0.6 is 0 Å². The quantitative estimate of drug-likeness (QED) is 0.718. The van der Waals surface area contributed by atoms with Gasteiger partial charge in [0.25, 0.3) is 10.0 Å². The molecule has 5 heteroatoms. The van der Waals surface area contributed by atoms with Crippen LogP contribution in [0.5, 0.6) is 0 Å². The molecule has 3 rings (SSSR count). The van der Waals surface area contributed by atoms with Gasteiger partial charge in [-0.05, 0) is 55.5 Å². The van der Waals surface area contributed by atoms with Gasteiger partial charge < -0.3 is 5.32 Å². The minimum atomic E-state index is -3.56. The molecule has 3 aromatic carbocycles. The SMILES string of the molecule is Cc1ccc(Nc2ccc(NS(=O)(=O)c3ccccc3)cc2)cc1. The molecule has 0 heterocycles. The van der Waals surface area contributed by atoms with Crippen LogP contribution in [0.3, 0.4) is 0 Å². The van der Waals surface area contributed by atoms with Gasteiger partial charge in [-0.15, -0.1) is 0 Å².